The van der Waals surface area contributed by atoms with Crippen LogP contribution < -0.4 is 0 Å². The Kier molecular flexibility index (Phi) is 6.12. The van der Waals surface area contributed by atoms with Gasteiger partial charge in [-0.15, -0.1) is 0 Å². The van der Waals surface area contributed by atoms with E-state index in [2.05, 4.69) is 6.07 Å². The smallest absolute Gasteiger partial charge is 0.225 e. The Labute approximate surface area is 137 Å². The number of hydrogen-bond acceptors (Lipinski definition) is 3. The van der Waals surface area contributed by atoms with E-state index in [-0.39, 0.29) is 17.6 Å². The van der Waals surface area contributed by atoms with Gasteiger partial charge in [0.1, 0.15) is 11.9 Å². The number of rotatable bonds is 5. The molecule has 0 radical (unpaired) electrons. The van der Waals surface area contributed by atoms with E-state index in [1.807, 2.05) is 23.6 Å². The standard InChI is InChI=1S/C18H24FN3O/c1-3-14(4-2)18(23)22-11-9-21(10-12-22)17(13-20)15-7-5-6-8-16(15)19/h5-8,14,17H,3-4,9-12H2,1-2H3. The van der Waals surface area contributed by atoms with Gasteiger partial charge in [-0.1, -0.05) is 32.0 Å². The van der Waals surface area contributed by atoms with E-state index >= 15 is 0 Å². The highest BCUT2D eigenvalue weighted by Crippen LogP contribution is 2.24. The topological polar surface area (TPSA) is 47.3 Å². The lowest BCUT2D eigenvalue weighted by Gasteiger charge is -2.38. The van der Waals surface area contributed by atoms with E-state index in [0.29, 0.717) is 31.7 Å². The molecule has 0 spiro atoms. The second kappa shape index (κ2) is 8.07. The van der Waals surface area contributed by atoms with Crippen LogP contribution in [-0.4, -0.2) is 41.9 Å². The molecule has 1 saturated heterocycles. The Balaban J connectivity index is 2.02. The van der Waals surface area contributed by atoms with Crippen molar-refractivity contribution >= 4 is 5.91 Å². The Bertz CT molecular complexity index is 572. The third kappa shape index (κ3) is 3.89. The average molecular weight is 317 g/mol. The van der Waals surface area contributed by atoms with Gasteiger partial charge in [-0.25, -0.2) is 4.39 Å². The average Bonchev–Trinajstić information content (AvgIpc) is 2.59. The number of hydrogen-bond donors (Lipinski definition) is 0. The first-order valence-electron chi connectivity index (χ1n) is 8.29. The predicted octanol–water partition coefficient (Wildman–Crippen LogP) is 2.97. The number of carbonyl (C=O) groups is 1. The Morgan fingerprint density at radius 3 is 2.35 bits per heavy atom. The molecule has 0 aliphatic carbocycles. The largest absolute Gasteiger partial charge is 0.340 e. The highest BCUT2D eigenvalue weighted by molar-refractivity contribution is 5.78. The first-order chi connectivity index (χ1) is 11.1. The summed E-state index contributed by atoms with van der Waals surface area (Å²) < 4.78 is 13.9. The summed E-state index contributed by atoms with van der Waals surface area (Å²) in [7, 11) is 0. The first kappa shape index (κ1) is 17.4. The van der Waals surface area contributed by atoms with E-state index < -0.39 is 6.04 Å². The minimum absolute atomic E-state index is 0.0832. The molecule has 2 rings (SSSR count). The van der Waals surface area contributed by atoms with Crippen LogP contribution in [0.1, 0.15) is 38.3 Å². The molecule has 1 aromatic rings. The summed E-state index contributed by atoms with van der Waals surface area (Å²) >= 11 is 0. The molecular weight excluding hydrogens is 293 g/mol. The second-order valence-electron chi connectivity index (χ2n) is 5.93. The van der Waals surface area contributed by atoms with Crippen LogP contribution in [0.15, 0.2) is 24.3 Å². The summed E-state index contributed by atoms with van der Waals surface area (Å²) in [5, 5.41) is 9.46. The van der Waals surface area contributed by atoms with Crippen LogP contribution in [0.5, 0.6) is 0 Å². The molecule has 0 aromatic heterocycles. The molecule has 5 heteroatoms. The van der Waals surface area contributed by atoms with E-state index in [0.717, 1.165) is 12.8 Å². The van der Waals surface area contributed by atoms with Crippen LogP contribution in [0.4, 0.5) is 4.39 Å². The van der Waals surface area contributed by atoms with Crippen molar-refractivity contribution in [2.75, 3.05) is 26.2 Å². The molecule has 1 aromatic carbocycles. The number of piperazine rings is 1. The summed E-state index contributed by atoms with van der Waals surface area (Å²) in [4.78, 5) is 16.2. The van der Waals surface area contributed by atoms with Gasteiger partial charge in [-0.2, -0.15) is 5.26 Å². The second-order valence-corrected chi connectivity index (χ2v) is 5.93. The van der Waals surface area contributed by atoms with E-state index in [1.54, 1.807) is 18.2 Å². The zero-order valence-electron chi connectivity index (χ0n) is 13.8. The number of carbonyl (C=O) groups excluding carboxylic acids is 1. The molecule has 1 atom stereocenters. The molecule has 0 saturated carbocycles. The van der Waals surface area contributed by atoms with Crippen LogP contribution >= 0.6 is 0 Å². The summed E-state index contributed by atoms with van der Waals surface area (Å²) in [5.74, 6) is -0.0662. The van der Waals surface area contributed by atoms with Crippen LogP contribution in [0.25, 0.3) is 0 Å². The maximum atomic E-state index is 13.9. The normalized spacial score (nSPS) is 17.1. The van der Waals surface area contributed by atoms with Crippen molar-refractivity contribution in [1.82, 2.24) is 9.80 Å². The minimum atomic E-state index is -0.596. The Hall–Kier alpha value is -1.93. The first-order valence-corrected chi connectivity index (χ1v) is 8.29. The predicted molar refractivity (Wildman–Crippen MR) is 87.0 cm³/mol. The maximum Gasteiger partial charge on any atom is 0.225 e. The number of nitrogens with zero attached hydrogens (tertiary/aromatic N) is 3. The van der Waals surface area contributed by atoms with Gasteiger partial charge in [-0.3, -0.25) is 9.69 Å². The Morgan fingerprint density at radius 1 is 1.22 bits per heavy atom. The highest BCUT2D eigenvalue weighted by Gasteiger charge is 2.30. The number of benzene rings is 1. The van der Waals surface area contributed by atoms with Gasteiger partial charge in [0, 0.05) is 37.7 Å². The summed E-state index contributed by atoms with van der Waals surface area (Å²) in [6.07, 6.45) is 1.71. The number of halogens is 1. The van der Waals surface area contributed by atoms with Crippen molar-refractivity contribution in [3.05, 3.63) is 35.6 Å². The fourth-order valence-electron chi connectivity index (χ4n) is 3.14. The summed E-state index contributed by atoms with van der Waals surface area (Å²) in [6, 6.07) is 8.01. The Morgan fingerprint density at radius 2 is 1.83 bits per heavy atom. The van der Waals surface area contributed by atoms with Gasteiger partial charge < -0.3 is 4.90 Å². The summed E-state index contributed by atoms with van der Waals surface area (Å²) in [5.41, 5.74) is 0.412. The van der Waals surface area contributed by atoms with Crippen molar-refractivity contribution in [3.63, 3.8) is 0 Å². The quantitative estimate of drug-likeness (QED) is 0.839. The van der Waals surface area contributed by atoms with Crippen molar-refractivity contribution in [3.8, 4) is 6.07 Å². The zero-order valence-corrected chi connectivity index (χ0v) is 13.8. The highest BCUT2D eigenvalue weighted by atomic mass is 19.1. The molecule has 1 unspecified atom stereocenters. The van der Waals surface area contributed by atoms with Crippen LogP contribution in [-0.2, 0) is 4.79 Å². The number of nitriles is 1. The maximum absolute atomic E-state index is 13.9. The minimum Gasteiger partial charge on any atom is -0.340 e. The molecular formula is C18H24FN3O. The molecule has 1 heterocycles. The third-order valence-electron chi connectivity index (χ3n) is 4.65. The van der Waals surface area contributed by atoms with E-state index in [9.17, 15) is 14.4 Å². The van der Waals surface area contributed by atoms with Crippen LogP contribution in [0.3, 0.4) is 0 Å². The fourth-order valence-corrected chi connectivity index (χ4v) is 3.14. The monoisotopic (exact) mass is 317 g/mol. The van der Waals surface area contributed by atoms with E-state index in [1.165, 1.54) is 6.07 Å². The van der Waals surface area contributed by atoms with Crippen molar-refractivity contribution in [1.29, 1.82) is 5.26 Å². The lowest BCUT2D eigenvalue weighted by atomic mass is 10.0. The third-order valence-corrected chi connectivity index (χ3v) is 4.65. The zero-order chi connectivity index (χ0) is 16.8. The van der Waals surface area contributed by atoms with Crippen LogP contribution in [0.2, 0.25) is 0 Å². The molecule has 1 fully saturated rings. The number of amides is 1. The molecule has 1 amide bonds. The van der Waals surface area contributed by atoms with Gasteiger partial charge in [0.05, 0.1) is 6.07 Å². The van der Waals surface area contributed by atoms with Crippen LogP contribution in [0, 0.1) is 23.1 Å². The fraction of sp³-hybridized carbons (Fsp3) is 0.556. The molecule has 124 valence electrons. The van der Waals surface area contributed by atoms with Gasteiger partial charge >= 0.3 is 0 Å². The van der Waals surface area contributed by atoms with Gasteiger partial charge in [0.15, 0.2) is 0 Å². The van der Waals surface area contributed by atoms with Gasteiger partial charge in [0.2, 0.25) is 5.91 Å². The van der Waals surface area contributed by atoms with Gasteiger partial charge in [-0.05, 0) is 18.9 Å². The van der Waals surface area contributed by atoms with Crippen molar-refractivity contribution < 1.29 is 9.18 Å². The van der Waals surface area contributed by atoms with E-state index in [4.69, 9.17) is 0 Å². The molecule has 0 bridgehead atoms. The molecule has 0 N–H and O–H groups in total. The van der Waals surface area contributed by atoms with Crippen molar-refractivity contribution in [2.24, 2.45) is 5.92 Å². The SMILES string of the molecule is CCC(CC)C(=O)N1CCN(C(C#N)c2ccccc2F)CC1. The molecule has 1 aliphatic rings. The summed E-state index contributed by atoms with van der Waals surface area (Å²) in [6.45, 7) is 6.46. The van der Waals surface area contributed by atoms with Gasteiger partial charge in [0.25, 0.3) is 0 Å². The lowest BCUT2D eigenvalue weighted by molar-refractivity contribution is -0.137. The lowest BCUT2D eigenvalue weighted by Crippen LogP contribution is -2.51. The van der Waals surface area contributed by atoms with Crippen molar-refractivity contribution in [2.45, 2.75) is 32.7 Å². The molecule has 1 aliphatic heterocycles. The molecule has 4 nitrogen and oxygen atoms in total. The molecule has 23 heavy (non-hydrogen) atoms.